The van der Waals surface area contributed by atoms with Crippen molar-refractivity contribution in [2.75, 3.05) is 21.3 Å². The molecule has 1 aromatic heterocycles. The summed E-state index contributed by atoms with van der Waals surface area (Å²) in [5.41, 5.74) is 2.76. The lowest BCUT2D eigenvalue weighted by Crippen LogP contribution is -2.25. The van der Waals surface area contributed by atoms with E-state index in [-0.39, 0.29) is 11.7 Å². The van der Waals surface area contributed by atoms with E-state index in [1.54, 1.807) is 32.4 Å². The van der Waals surface area contributed by atoms with Gasteiger partial charge in [0.1, 0.15) is 0 Å². The second-order valence-electron chi connectivity index (χ2n) is 6.42. The third kappa shape index (κ3) is 5.15. The minimum Gasteiger partial charge on any atom is -0.493 e. The fraction of sp³-hybridized carbons (Fsp3) is 0.174. The molecular formula is C23H23ClN2O4. The SMILES string of the molecule is COC(=CC=Cc1cc2cc(Cl)ccc2[nH]1)C(=O)NCc1ccc(OC)c(OC)c1. The summed E-state index contributed by atoms with van der Waals surface area (Å²) in [4.78, 5) is 15.7. The van der Waals surface area contributed by atoms with Crippen molar-refractivity contribution < 1.29 is 19.0 Å². The number of halogens is 1. The lowest BCUT2D eigenvalue weighted by Gasteiger charge is -2.11. The predicted octanol–water partition coefficient (Wildman–Crippen LogP) is 4.70. The van der Waals surface area contributed by atoms with E-state index in [0.29, 0.717) is 23.1 Å². The Labute approximate surface area is 180 Å². The number of allylic oxidation sites excluding steroid dienone is 2. The van der Waals surface area contributed by atoms with Crippen LogP contribution in [0.5, 0.6) is 11.5 Å². The second kappa shape index (κ2) is 9.89. The van der Waals surface area contributed by atoms with E-state index in [1.807, 2.05) is 42.5 Å². The first-order valence-corrected chi connectivity index (χ1v) is 9.61. The topological polar surface area (TPSA) is 72.6 Å². The molecule has 0 aliphatic heterocycles. The minimum absolute atomic E-state index is 0.200. The highest BCUT2D eigenvalue weighted by Gasteiger charge is 2.10. The summed E-state index contributed by atoms with van der Waals surface area (Å²) < 4.78 is 15.7. The van der Waals surface area contributed by atoms with E-state index in [0.717, 1.165) is 22.2 Å². The van der Waals surface area contributed by atoms with Gasteiger partial charge >= 0.3 is 0 Å². The molecular weight excluding hydrogens is 404 g/mol. The van der Waals surface area contributed by atoms with Gasteiger partial charge in [-0.3, -0.25) is 4.79 Å². The number of nitrogens with one attached hydrogen (secondary N) is 2. The summed E-state index contributed by atoms with van der Waals surface area (Å²) in [5, 5.41) is 4.53. The zero-order chi connectivity index (χ0) is 21.5. The van der Waals surface area contributed by atoms with Crippen molar-refractivity contribution in [3.05, 3.63) is 76.7 Å². The van der Waals surface area contributed by atoms with Crippen LogP contribution >= 0.6 is 11.6 Å². The van der Waals surface area contributed by atoms with Gasteiger partial charge in [-0.25, -0.2) is 0 Å². The van der Waals surface area contributed by atoms with E-state index in [1.165, 1.54) is 7.11 Å². The summed E-state index contributed by atoms with van der Waals surface area (Å²) in [6, 6.07) is 13.1. The first-order chi connectivity index (χ1) is 14.5. The van der Waals surface area contributed by atoms with Crippen LogP contribution in [0.4, 0.5) is 0 Å². The maximum Gasteiger partial charge on any atom is 0.286 e. The van der Waals surface area contributed by atoms with E-state index in [2.05, 4.69) is 10.3 Å². The number of amides is 1. The van der Waals surface area contributed by atoms with E-state index >= 15 is 0 Å². The van der Waals surface area contributed by atoms with Crippen LogP contribution in [0.1, 0.15) is 11.3 Å². The van der Waals surface area contributed by atoms with E-state index in [4.69, 9.17) is 25.8 Å². The van der Waals surface area contributed by atoms with Gasteiger partial charge in [0.05, 0.1) is 21.3 Å². The van der Waals surface area contributed by atoms with Gasteiger partial charge in [-0.2, -0.15) is 0 Å². The molecule has 0 saturated heterocycles. The summed E-state index contributed by atoms with van der Waals surface area (Å²) in [6.45, 7) is 0.326. The molecule has 2 N–H and O–H groups in total. The Morgan fingerprint density at radius 2 is 1.87 bits per heavy atom. The van der Waals surface area contributed by atoms with Crippen molar-refractivity contribution in [3.8, 4) is 11.5 Å². The largest absolute Gasteiger partial charge is 0.493 e. The number of hydrogen-bond acceptors (Lipinski definition) is 4. The summed E-state index contributed by atoms with van der Waals surface area (Å²) in [6.07, 6.45) is 5.22. The summed E-state index contributed by atoms with van der Waals surface area (Å²) >= 11 is 6.02. The van der Waals surface area contributed by atoms with Crippen molar-refractivity contribution >= 4 is 34.5 Å². The monoisotopic (exact) mass is 426 g/mol. The zero-order valence-electron chi connectivity index (χ0n) is 17.0. The molecule has 0 aliphatic rings. The predicted molar refractivity (Wildman–Crippen MR) is 119 cm³/mol. The molecule has 0 spiro atoms. The molecule has 0 bridgehead atoms. The molecule has 1 amide bonds. The highest BCUT2D eigenvalue weighted by atomic mass is 35.5. The van der Waals surface area contributed by atoms with Crippen LogP contribution in [-0.4, -0.2) is 32.2 Å². The Balaban J connectivity index is 1.64. The molecule has 7 heteroatoms. The molecule has 0 atom stereocenters. The summed E-state index contributed by atoms with van der Waals surface area (Å²) in [7, 11) is 4.61. The van der Waals surface area contributed by atoms with Crippen LogP contribution in [0, 0.1) is 0 Å². The quantitative estimate of drug-likeness (QED) is 0.311. The van der Waals surface area contributed by atoms with Crippen molar-refractivity contribution in [2.45, 2.75) is 6.54 Å². The molecule has 0 saturated carbocycles. The molecule has 30 heavy (non-hydrogen) atoms. The van der Waals surface area contributed by atoms with Gasteiger partial charge < -0.3 is 24.5 Å². The third-order valence-electron chi connectivity index (χ3n) is 4.47. The Kier molecular flexibility index (Phi) is 7.03. The van der Waals surface area contributed by atoms with Gasteiger partial charge in [-0.15, -0.1) is 0 Å². The van der Waals surface area contributed by atoms with E-state index < -0.39 is 0 Å². The molecule has 1 heterocycles. The van der Waals surface area contributed by atoms with Crippen LogP contribution in [0.25, 0.3) is 17.0 Å². The average molecular weight is 427 g/mol. The Bertz CT molecular complexity index is 1100. The number of hydrogen-bond donors (Lipinski definition) is 2. The Morgan fingerprint density at radius 1 is 1.07 bits per heavy atom. The normalized spacial score (nSPS) is 11.7. The summed E-state index contributed by atoms with van der Waals surface area (Å²) in [5.74, 6) is 1.12. The number of fused-ring (bicyclic) bond motifs is 1. The van der Waals surface area contributed by atoms with Crippen LogP contribution in [0.2, 0.25) is 5.02 Å². The number of benzene rings is 2. The Hall–Kier alpha value is -3.38. The first kappa shape index (κ1) is 21.3. The number of rotatable bonds is 8. The highest BCUT2D eigenvalue weighted by molar-refractivity contribution is 6.31. The molecule has 0 fully saturated rings. The number of aromatic nitrogens is 1. The third-order valence-corrected chi connectivity index (χ3v) is 4.71. The van der Waals surface area contributed by atoms with Gasteiger partial charge in [0.15, 0.2) is 17.3 Å². The van der Waals surface area contributed by atoms with Crippen LogP contribution in [-0.2, 0) is 16.1 Å². The maximum atomic E-state index is 12.4. The maximum absolute atomic E-state index is 12.4. The highest BCUT2D eigenvalue weighted by Crippen LogP contribution is 2.27. The van der Waals surface area contributed by atoms with Gasteiger partial charge in [0.2, 0.25) is 0 Å². The number of methoxy groups -OCH3 is 3. The fourth-order valence-corrected chi connectivity index (χ4v) is 3.13. The number of ether oxygens (including phenoxy) is 3. The number of aromatic amines is 1. The zero-order valence-corrected chi connectivity index (χ0v) is 17.7. The number of carbonyl (C=O) groups excluding carboxylic acids is 1. The van der Waals surface area contributed by atoms with Gasteiger partial charge in [-0.05, 0) is 54.1 Å². The van der Waals surface area contributed by atoms with Crippen molar-refractivity contribution in [3.63, 3.8) is 0 Å². The van der Waals surface area contributed by atoms with Crippen molar-refractivity contribution in [1.82, 2.24) is 10.3 Å². The minimum atomic E-state index is -0.319. The molecule has 3 rings (SSSR count). The Morgan fingerprint density at radius 3 is 2.60 bits per heavy atom. The number of carbonyl (C=O) groups is 1. The van der Waals surface area contributed by atoms with Gasteiger partial charge in [-0.1, -0.05) is 23.7 Å². The molecule has 0 unspecified atom stereocenters. The smallest absolute Gasteiger partial charge is 0.286 e. The van der Waals surface area contributed by atoms with Gasteiger partial charge in [0, 0.05) is 28.2 Å². The lowest BCUT2D eigenvalue weighted by atomic mass is 10.2. The van der Waals surface area contributed by atoms with Crippen molar-refractivity contribution in [1.29, 1.82) is 0 Å². The van der Waals surface area contributed by atoms with Crippen LogP contribution in [0.3, 0.4) is 0 Å². The molecule has 156 valence electrons. The van der Waals surface area contributed by atoms with Gasteiger partial charge in [0.25, 0.3) is 5.91 Å². The lowest BCUT2D eigenvalue weighted by molar-refractivity contribution is -0.120. The second-order valence-corrected chi connectivity index (χ2v) is 6.86. The molecule has 0 radical (unpaired) electrons. The van der Waals surface area contributed by atoms with Crippen LogP contribution in [0.15, 0.2) is 60.4 Å². The molecule has 6 nitrogen and oxygen atoms in total. The molecule has 0 aliphatic carbocycles. The standard InChI is InChI=1S/C23H23ClN2O4/c1-28-20-10-7-15(11-22(20)30-3)14-25-23(27)21(29-2)6-4-5-18-13-16-12-17(24)8-9-19(16)26-18/h4-13,26H,14H2,1-3H3,(H,25,27). The van der Waals surface area contributed by atoms with Crippen LogP contribution < -0.4 is 14.8 Å². The van der Waals surface area contributed by atoms with E-state index in [9.17, 15) is 4.79 Å². The molecule has 3 aromatic rings. The fourth-order valence-electron chi connectivity index (χ4n) is 2.95. The van der Waals surface area contributed by atoms with Crippen molar-refractivity contribution in [2.24, 2.45) is 0 Å². The first-order valence-electron chi connectivity index (χ1n) is 9.23. The molecule has 2 aromatic carbocycles. The number of H-pyrrole nitrogens is 1. The average Bonchev–Trinajstić information content (AvgIpc) is 3.16.